The number of allylic oxidation sites excluding steroid dienone is 2. The first-order valence-corrected chi connectivity index (χ1v) is 11.1. The predicted octanol–water partition coefficient (Wildman–Crippen LogP) is 2.35. The summed E-state index contributed by atoms with van der Waals surface area (Å²) in [5.41, 5.74) is -0.163. The van der Waals surface area contributed by atoms with E-state index < -0.39 is 54.1 Å². The maximum Gasteiger partial charge on any atom is 0.408 e. The molecule has 33 heavy (non-hydrogen) atoms. The van der Waals surface area contributed by atoms with Gasteiger partial charge in [-0.05, 0) is 58.4 Å². The number of ether oxygens (including phenoxy) is 4. The number of amides is 2. The van der Waals surface area contributed by atoms with Crippen molar-refractivity contribution in [2.24, 2.45) is 5.41 Å². The fourth-order valence-electron chi connectivity index (χ4n) is 3.68. The molecule has 1 heterocycles. The fraction of sp³-hybridized carbons (Fsp3) is 0.739. The Balaban J connectivity index is 2.36. The monoisotopic (exact) mass is 468 g/mol. The van der Waals surface area contributed by atoms with Crippen molar-refractivity contribution in [3.8, 4) is 0 Å². The minimum atomic E-state index is -1.33. The number of carbonyl (C=O) groups excluding carboxylic acids is 4. The topological polar surface area (TPSA) is 129 Å². The highest BCUT2D eigenvalue weighted by atomic mass is 16.6. The van der Waals surface area contributed by atoms with Gasteiger partial charge in [-0.3, -0.25) is 9.59 Å². The van der Waals surface area contributed by atoms with E-state index in [4.69, 9.17) is 18.9 Å². The summed E-state index contributed by atoms with van der Waals surface area (Å²) < 4.78 is 21.7. The van der Waals surface area contributed by atoms with Crippen LogP contribution in [0.5, 0.6) is 0 Å². The molecule has 0 aromatic heterocycles. The highest BCUT2D eigenvalue weighted by Gasteiger charge is 2.38. The normalized spacial score (nSPS) is 29.5. The highest BCUT2D eigenvalue weighted by molar-refractivity contribution is 5.92. The van der Waals surface area contributed by atoms with Crippen molar-refractivity contribution in [3.05, 3.63) is 11.3 Å². The molecule has 186 valence electrons. The van der Waals surface area contributed by atoms with Crippen molar-refractivity contribution < 1.29 is 38.1 Å². The summed E-state index contributed by atoms with van der Waals surface area (Å²) in [5, 5.41) is 4.95. The maximum atomic E-state index is 13.0. The minimum Gasteiger partial charge on any atom is -0.467 e. The molecule has 0 unspecified atom stereocenters. The fourth-order valence-corrected chi connectivity index (χ4v) is 3.68. The first-order chi connectivity index (χ1) is 15.2. The summed E-state index contributed by atoms with van der Waals surface area (Å²) in [4.78, 5) is 50.5. The number of rotatable bonds is 2. The van der Waals surface area contributed by atoms with Gasteiger partial charge < -0.3 is 29.6 Å². The molecule has 10 nitrogen and oxygen atoms in total. The Labute approximate surface area is 194 Å². The van der Waals surface area contributed by atoms with Gasteiger partial charge in [-0.15, -0.1) is 0 Å². The van der Waals surface area contributed by atoms with Crippen LogP contribution < -0.4 is 10.6 Å². The van der Waals surface area contributed by atoms with Gasteiger partial charge in [0.05, 0.1) is 26.2 Å². The van der Waals surface area contributed by atoms with E-state index in [1.807, 2.05) is 13.8 Å². The second-order valence-electron chi connectivity index (χ2n) is 10.1. The van der Waals surface area contributed by atoms with Crippen LogP contribution in [0.3, 0.4) is 0 Å². The molecule has 1 aliphatic carbocycles. The summed E-state index contributed by atoms with van der Waals surface area (Å²) in [6.07, 6.45) is -0.000797. The lowest BCUT2D eigenvalue weighted by Crippen LogP contribution is -2.56. The first-order valence-electron chi connectivity index (χ1n) is 11.1. The van der Waals surface area contributed by atoms with Gasteiger partial charge in [-0.1, -0.05) is 6.92 Å². The van der Waals surface area contributed by atoms with E-state index >= 15 is 0 Å². The van der Waals surface area contributed by atoms with Crippen LogP contribution in [0, 0.1) is 5.41 Å². The summed E-state index contributed by atoms with van der Waals surface area (Å²) in [6, 6.07) is -2.46. The van der Waals surface area contributed by atoms with Gasteiger partial charge in [-0.25, -0.2) is 9.59 Å². The van der Waals surface area contributed by atoms with Crippen molar-refractivity contribution in [3.63, 3.8) is 0 Å². The second kappa shape index (κ2) is 10.5. The first kappa shape index (κ1) is 26.6. The number of alkyl carbamates (subject to hydrolysis) is 1. The number of hydrogen-bond donors (Lipinski definition) is 2. The number of methoxy groups -OCH3 is 1. The molecule has 0 radical (unpaired) electrons. The molecule has 1 aliphatic heterocycles. The molecule has 1 saturated heterocycles. The quantitative estimate of drug-likeness (QED) is 0.467. The van der Waals surface area contributed by atoms with Crippen LogP contribution in [0.15, 0.2) is 11.3 Å². The van der Waals surface area contributed by atoms with E-state index in [1.54, 1.807) is 27.7 Å². The molecule has 2 rings (SSSR count). The Hall–Kier alpha value is -2.62. The SMILES string of the molecule is COC(=O)[C@H]1NC(=O)[C@@H](NC(=O)OC(C)(C)C)CC(=O)OC2=C(C)CC[C@](C)(CO[C@@H]1C)C2. The van der Waals surface area contributed by atoms with Crippen LogP contribution in [0.1, 0.15) is 67.2 Å². The Morgan fingerprint density at radius 1 is 1.24 bits per heavy atom. The third kappa shape index (κ3) is 7.73. The molecule has 0 aromatic rings. The van der Waals surface area contributed by atoms with Crippen molar-refractivity contribution in [1.82, 2.24) is 10.6 Å². The number of hydrogen-bond acceptors (Lipinski definition) is 8. The minimum absolute atomic E-state index is 0.297. The van der Waals surface area contributed by atoms with Gasteiger partial charge in [0.15, 0.2) is 6.04 Å². The lowest BCUT2D eigenvalue weighted by atomic mass is 9.76. The molecule has 2 amide bonds. The van der Waals surface area contributed by atoms with E-state index in [-0.39, 0.29) is 5.41 Å². The van der Waals surface area contributed by atoms with Crippen LogP contribution in [-0.2, 0) is 33.3 Å². The third-order valence-corrected chi connectivity index (χ3v) is 5.70. The smallest absolute Gasteiger partial charge is 0.408 e. The number of nitrogens with one attached hydrogen (secondary N) is 2. The lowest BCUT2D eigenvalue weighted by Gasteiger charge is -2.36. The zero-order chi connectivity index (χ0) is 25.0. The molecular weight excluding hydrogens is 432 g/mol. The van der Waals surface area contributed by atoms with Crippen molar-refractivity contribution >= 4 is 23.9 Å². The Bertz CT molecular complexity index is 816. The van der Waals surface area contributed by atoms with Crippen molar-refractivity contribution in [1.29, 1.82) is 0 Å². The van der Waals surface area contributed by atoms with E-state index in [1.165, 1.54) is 7.11 Å². The van der Waals surface area contributed by atoms with Crippen LogP contribution in [0.2, 0.25) is 0 Å². The highest BCUT2D eigenvalue weighted by Crippen LogP contribution is 2.40. The van der Waals surface area contributed by atoms with Gasteiger partial charge >= 0.3 is 18.0 Å². The zero-order valence-electron chi connectivity index (χ0n) is 20.5. The van der Waals surface area contributed by atoms with Crippen molar-refractivity contribution in [2.75, 3.05) is 13.7 Å². The maximum absolute atomic E-state index is 13.0. The van der Waals surface area contributed by atoms with Crippen LogP contribution in [0.4, 0.5) is 4.79 Å². The van der Waals surface area contributed by atoms with Crippen LogP contribution in [-0.4, -0.2) is 61.4 Å². The standard InChI is InChI=1S/C23H36N2O8/c1-13-8-9-23(6)11-16(13)32-17(26)10-15(24-21(29)33-22(3,4)5)19(27)25-18(20(28)30-7)14(2)31-12-23/h14-15,18H,8-12H2,1-7H3,(H,24,29)(H,25,27)/t14-,15+,18+,23+/m1/s1. The molecule has 2 bridgehead atoms. The molecule has 0 spiro atoms. The Kier molecular flexibility index (Phi) is 8.51. The van der Waals surface area contributed by atoms with Gasteiger partial charge in [0.1, 0.15) is 17.4 Å². The second-order valence-corrected chi connectivity index (χ2v) is 10.1. The molecule has 0 aromatic carbocycles. The van der Waals surface area contributed by atoms with Gasteiger partial charge in [0.25, 0.3) is 0 Å². The lowest BCUT2D eigenvalue weighted by molar-refractivity contribution is -0.150. The molecule has 2 N–H and O–H groups in total. The average molecular weight is 469 g/mol. The molecule has 10 heteroatoms. The van der Waals surface area contributed by atoms with Gasteiger partial charge in [0, 0.05) is 6.42 Å². The van der Waals surface area contributed by atoms with Crippen LogP contribution in [0.25, 0.3) is 0 Å². The van der Waals surface area contributed by atoms with E-state index in [9.17, 15) is 19.2 Å². The molecule has 0 saturated carbocycles. The largest absolute Gasteiger partial charge is 0.467 e. The number of carbonyl (C=O) groups is 4. The summed E-state index contributed by atoms with van der Waals surface area (Å²) in [5.74, 6) is -1.59. The summed E-state index contributed by atoms with van der Waals surface area (Å²) in [7, 11) is 1.21. The molecular formula is C23H36N2O8. The average Bonchev–Trinajstić information content (AvgIpc) is 2.70. The van der Waals surface area contributed by atoms with Crippen LogP contribution >= 0.6 is 0 Å². The molecule has 2 aliphatic rings. The van der Waals surface area contributed by atoms with Gasteiger partial charge in [-0.2, -0.15) is 0 Å². The van der Waals surface area contributed by atoms with Crippen molar-refractivity contribution in [2.45, 2.75) is 91.0 Å². The zero-order valence-corrected chi connectivity index (χ0v) is 20.5. The Morgan fingerprint density at radius 2 is 1.91 bits per heavy atom. The Morgan fingerprint density at radius 3 is 2.52 bits per heavy atom. The third-order valence-electron chi connectivity index (χ3n) is 5.70. The number of esters is 2. The molecule has 1 fully saturated rings. The summed E-state index contributed by atoms with van der Waals surface area (Å²) in [6.45, 7) is 10.9. The summed E-state index contributed by atoms with van der Waals surface area (Å²) >= 11 is 0. The predicted molar refractivity (Wildman–Crippen MR) is 118 cm³/mol. The van der Waals surface area contributed by atoms with E-state index in [2.05, 4.69) is 10.6 Å². The van der Waals surface area contributed by atoms with E-state index in [0.29, 0.717) is 18.8 Å². The number of fused-ring (bicyclic) bond motifs is 2. The van der Waals surface area contributed by atoms with E-state index in [0.717, 1.165) is 18.4 Å². The molecule has 4 atom stereocenters. The van der Waals surface area contributed by atoms with Gasteiger partial charge in [0.2, 0.25) is 5.91 Å².